The van der Waals surface area contributed by atoms with Gasteiger partial charge in [0.05, 0.1) is 10.4 Å². The predicted molar refractivity (Wildman–Crippen MR) is 61.9 cm³/mol. The van der Waals surface area contributed by atoms with E-state index in [2.05, 4.69) is 15.0 Å². The number of hydrogen-bond donors (Lipinski definition) is 1. The number of hydrogen-bond acceptors (Lipinski definition) is 6. The third-order valence-corrected chi connectivity index (χ3v) is 3.18. The van der Waals surface area contributed by atoms with Crippen molar-refractivity contribution in [1.82, 2.24) is 15.0 Å². The van der Waals surface area contributed by atoms with Crippen molar-refractivity contribution >= 4 is 29.1 Å². The summed E-state index contributed by atoms with van der Waals surface area (Å²) < 4.78 is 0. The molecular weight excluding hydrogens is 246 g/mol. The van der Waals surface area contributed by atoms with Crippen LogP contribution in [0, 0.1) is 0 Å². The van der Waals surface area contributed by atoms with E-state index in [1.807, 2.05) is 6.26 Å². The Balaban J connectivity index is 2.53. The van der Waals surface area contributed by atoms with Gasteiger partial charge in [-0.2, -0.15) is 0 Å². The highest BCUT2D eigenvalue weighted by Gasteiger charge is 2.12. The Morgan fingerprint density at radius 3 is 2.88 bits per heavy atom. The van der Waals surface area contributed by atoms with Gasteiger partial charge in [0.2, 0.25) is 0 Å². The number of nitrogens with zero attached hydrogens (tertiary/aromatic N) is 3. The van der Waals surface area contributed by atoms with E-state index in [4.69, 9.17) is 5.11 Å². The molecule has 0 bridgehead atoms. The average molecular weight is 253 g/mol. The maximum atomic E-state index is 10.9. The van der Waals surface area contributed by atoms with Crippen LogP contribution < -0.4 is 0 Å². The molecule has 0 fully saturated rings. The second-order valence-electron chi connectivity index (χ2n) is 2.79. The standard InChI is InChI=1S/C9H7N3O2S2/c1-15-7-2-5(9(13)14)11-8(12-7)6-3-10-4-16-6/h2-4H,1H3,(H,13,14). The van der Waals surface area contributed by atoms with Crippen molar-refractivity contribution in [2.24, 2.45) is 0 Å². The van der Waals surface area contributed by atoms with E-state index >= 15 is 0 Å². The normalized spacial score (nSPS) is 10.3. The van der Waals surface area contributed by atoms with Crippen molar-refractivity contribution in [3.05, 3.63) is 23.5 Å². The molecule has 0 atom stereocenters. The van der Waals surface area contributed by atoms with Crippen molar-refractivity contribution in [3.63, 3.8) is 0 Å². The molecule has 2 aromatic rings. The highest BCUT2D eigenvalue weighted by molar-refractivity contribution is 7.98. The van der Waals surface area contributed by atoms with Crippen LogP contribution in [0.25, 0.3) is 10.7 Å². The van der Waals surface area contributed by atoms with Gasteiger partial charge >= 0.3 is 5.97 Å². The lowest BCUT2D eigenvalue weighted by Gasteiger charge is -2.01. The maximum absolute atomic E-state index is 10.9. The minimum atomic E-state index is -1.05. The molecule has 2 aromatic heterocycles. The largest absolute Gasteiger partial charge is 0.477 e. The molecule has 0 aromatic carbocycles. The molecule has 0 aliphatic carbocycles. The number of carboxylic acid groups (broad SMARTS) is 1. The van der Waals surface area contributed by atoms with Crippen LogP contribution in [0.5, 0.6) is 0 Å². The topological polar surface area (TPSA) is 76.0 Å². The third-order valence-electron chi connectivity index (χ3n) is 1.78. The van der Waals surface area contributed by atoms with Crippen molar-refractivity contribution in [2.75, 3.05) is 6.26 Å². The fraction of sp³-hybridized carbons (Fsp3) is 0.111. The quantitative estimate of drug-likeness (QED) is 0.666. The Kier molecular flexibility index (Phi) is 3.16. The number of thiazole rings is 1. The summed E-state index contributed by atoms with van der Waals surface area (Å²) in [5.41, 5.74) is 1.66. The number of rotatable bonds is 3. The maximum Gasteiger partial charge on any atom is 0.354 e. The first-order valence-corrected chi connectivity index (χ1v) is 6.36. The lowest BCUT2D eigenvalue weighted by Crippen LogP contribution is -2.03. The van der Waals surface area contributed by atoms with Gasteiger partial charge in [0.15, 0.2) is 11.5 Å². The van der Waals surface area contributed by atoms with Crippen molar-refractivity contribution in [1.29, 1.82) is 0 Å². The lowest BCUT2D eigenvalue weighted by molar-refractivity contribution is 0.0690. The van der Waals surface area contributed by atoms with Crippen LogP contribution in [0.3, 0.4) is 0 Å². The summed E-state index contributed by atoms with van der Waals surface area (Å²) in [5, 5.41) is 9.55. The summed E-state index contributed by atoms with van der Waals surface area (Å²) in [6.45, 7) is 0. The Hall–Kier alpha value is -1.47. The summed E-state index contributed by atoms with van der Waals surface area (Å²) >= 11 is 2.76. The van der Waals surface area contributed by atoms with Crippen LogP contribution in [0.4, 0.5) is 0 Å². The predicted octanol–water partition coefficient (Wildman–Crippen LogP) is 2.02. The zero-order valence-electron chi connectivity index (χ0n) is 8.25. The molecule has 0 aliphatic rings. The molecule has 0 unspecified atom stereocenters. The first-order valence-electron chi connectivity index (χ1n) is 4.26. The van der Waals surface area contributed by atoms with Gasteiger partial charge in [-0.05, 0) is 6.26 Å². The summed E-state index contributed by atoms with van der Waals surface area (Å²) in [4.78, 5) is 23.8. The van der Waals surface area contributed by atoms with Crippen LogP contribution in [0.2, 0.25) is 0 Å². The zero-order chi connectivity index (χ0) is 11.5. The average Bonchev–Trinajstić information content (AvgIpc) is 2.81. The van der Waals surface area contributed by atoms with Gasteiger partial charge in [0.25, 0.3) is 0 Å². The molecule has 2 heterocycles. The van der Waals surface area contributed by atoms with Gasteiger partial charge in [0, 0.05) is 12.3 Å². The monoisotopic (exact) mass is 253 g/mol. The highest BCUT2D eigenvalue weighted by atomic mass is 32.2. The summed E-state index contributed by atoms with van der Waals surface area (Å²) in [7, 11) is 0. The second-order valence-corrected chi connectivity index (χ2v) is 4.50. The van der Waals surface area contributed by atoms with Crippen molar-refractivity contribution in [2.45, 2.75) is 5.03 Å². The highest BCUT2D eigenvalue weighted by Crippen LogP contribution is 2.22. The van der Waals surface area contributed by atoms with Gasteiger partial charge in [-0.3, -0.25) is 4.98 Å². The van der Waals surface area contributed by atoms with Gasteiger partial charge in [0.1, 0.15) is 5.03 Å². The fourth-order valence-corrected chi connectivity index (χ4v) is 2.04. The number of aromatic nitrogens is 3. The van der Waals surface area contributed by atoms with E-state index in [0.717, 1.165) is 4.88 Å². The summed E-state index contributed by atoms with van der Waals surface area (Å²) in [5.74, 6) is -0.643. The number of thioether (sulfide) groups is 1. The molecule has 1 N–H and O–H groups in total. The number of aromatic carboxylic acids is 1. The number of carboxylic acids is 1. The molecular formula is C9H7N3O2S2. The smallest absolute Gasteiger partial charge is 0.354 e. The Labute approximate surface area is 99.6 Å². The van der Waals surface area contributed by atoms with E-state index in [0.29, 0.717) is 10.9 Å². The molecule has 5 nitrogen and oxygen atoms in total. The minimum Gasteiger partial charge on any atom is -0.477 e. The molecule has 82 valence electrons. The van der Waals surface area contributed by atoms with Crippen molar-refractivity contribution in [3.8, 4) is 10.7 Å². The second kappa shape index (κ2) is 4.58. The number of carbonyl (C=O) groups is 1. The van der Waals surface area contributed by atoms with Crippen molar-refractivity contribution < 1.29 is 9.90 Å². The SMILES string of the molecule is CSc1cc(C(=O)O)nc(-c2cncs2)n1. The lowest BCUT2D eigenvalue weighted by atomic mass is 10.4. The first-order chi connectivity index (χ1) is 7.70. The fourth-order valence-electron chi connectivity index (χ4n) is 1.08. The summed E-state index contributed by atoms with van der Waals surface area (Å²) in [6, 6.07) is 1.46. The molecule has 0 spiro atoms. The van der Waals surface area contributed by atoms with Gasteiger partial charge < -0.3 is 5.11 Å². The van der Waals surface area contributed by atoms with Crippen LogP contribution in [0.15, 0.2) is 22.8 Å². The molecule has 0 amide bonds. The zero-order valence-corrected chi connectivity index (χ0v) is 9.88. The first kappa shape index (κ1) is 11.0. The molecule has 7 heteroatoms. The molecule has 0 saturated carbocycles. The van der Waals surface area contributed by atoms with E-state index in [1.165, 1.54) is 29.2 Å². The molecule has 0 aliphatic heterocycles. The van der Waals surface area contributed by atoms with E-state index in [1.54, 1.807) is 11.7 Å². The van der Waals surface area contributed by atoms with Gasteiger partial charge in [-0.15, -0.1) is 23.1 Å². The van der Waals surface area contributed by atoms with Gasteiger partial charge in [-0.25, -0.2) is 14.8 Å². The van der Waals surface area contributed by atoms with E-state index in [9.17, 15) is 4.79 Å². The third kappa shape index (κ3) is 2.20. The van der Waals surface area contributed by atoms with Crippen LogP contribution >= 0.6 is 23.1 Å². The molecule has 0 radical (unpaired) electrons. The Morgan fingerprint density at radius 1 is 1.50 bits per heavy atom. The Bertz CT molecular complexity index is 513. The van der Waals surface area contributed by atoms with Crippen LogP contribution in [0.1, 0.15) is 10.5 Å². The Morgan fingerprint density at radius 2 is 2.31 bits per heavy atom. The van der Waals surface area contributed by atoms with Crippen LogP contribution in [-0.4, -0.2) is 32.3 Å². The van der Waals surface area contributed by atoms with E-state index < -0.39 is 5.97 Å². The van der Waals surface area contributed by atoms with E-state index in [-0.39, 0.29) is 5.69 Å². The summed E-state index contributed by atoms with van der Waals surface area (Å²) in [6.07, 6.45) is 3.46. The molecule has 0 saturated heterocycles. The van der Waals surface area contributed by atoms with Crippen LogP contribution in [-0.2, 0) is 0 Å². The molecule has 2 rings (SSSR count). The minimum absolute atomic E-state index is 0.00255. The molecule has 16 heavy (non-hydrogen) atoms. The van der Waals surface area contributed by atoms with Gasteiger partial charge in [-0.1, -0.05) is 0 Å².